The number of carbonyl (C=O) groups is 1. The van der Waals surface area contributed by atoms with E-state index in [4.69, 9.17) is 0 Å². The van der Waals surface area contributed by atoms with Gasteiger partial charge in [-0.2, -0.15) is 5.10 Å². The highest BCUT2D eigenvalue weighted by Gasteiger charge is 2.24. The van der Waals surface area contributed by atoms with E-state index in [1.165, 1.54) is 0 Å². The summed E-state index contributed by atoms with van der Waals surface area (Å²) in [4.78, 5) is 14.3. The van der Waals surface area contributed by atoms with Crippen LogP contribution < -0.4 is 5.32 Å². The molecule has 1 unspecified atom stereocenters. The van der Waals surface area contributed by atoms with Gasteiger partial charge in [-0.25, -0.2) is 4.68 Å². The Labute approximate surface area is 132 Å². The first-order chi connectivity index (χ1) is 10.1. The van der Waals surface area contributed by atoms with E-state index in [2.05, 4.69) is 26.3 Å². The Morgan fingerprint density at radius 3 is 3.10 bits per heavy atom. The van der Waals surface area contributed by atoms with Crippen molar-refractivity contribution in [2.45, 2.75) is 12.5 Å². The molecule has 2 aromatic rings. The van der Waals surface area contributed by atoms with E-state index in [-0.39, 0.29) is 11.9 Å². The number of likely N-dealkylation sites (N-methyl/N-ethyl adjacent to an activating group) is 1. The molecule has 5 nitrogen and oxygen atoms in total. The van der Waals surface area contributed by atoms with Gasteiger partial charge < -0.3 is 10.2 Å². The zero-order chi connectivity index (χ0) is 14.8. The first kappa shape index (κ1) is 14.3. The summed E-state index contributed by atoms with van der Waals surface area (Å²) < 4.78 is 2.70. The quantitative estimate of drug-likeness (QED) is 0.923. The Morgan fingerprint density at radius 2 is 2.38 bits per heavy atom. The number of nitrogens with zero attached hydrogens (tertiary/aromatic N) is 3. The lowest BCUT2D eigenvalue weighted by molar-refractivity contribution is 0.0744. The lowest BCUT2D eigenvalue weighted by atomic mass is 10.2. The van der Waals surface area contributed by atoms with Crippen molar-refractivity contribution in [3.05, 3.63) is 46.7 Å². The summed E-state index contributed by atoms with van der Waals surface area (Å²) in [5, 5.41) is 7.57. The van der Waals surface area contributed by atoms with Crippen molar-refractivity contribution in [3.63, 3.8) is 0 Å². The molecule has 1 saturated heterocycles. The number of hydrogen-bond donors (Lipinski definition) is 1. The van der Waals surface area contributed by atoms with Gasteiger partial charge in [0, 0.05) is 30.3 Å². The fraction of sp³-hybridized carbons (Fsp3) is 0.333. The fourth-order valence-corrected chi connectivity index (χ4v) is 2.92. The summed E-state index contributed by atoms with van der Waals surface area (Å²) in [6.45, 7) is 1.83. The minimum atomic E-state index is 0.0185. The van der Waals surface area contributed by atoms with Gasteiger partial charge >= 0.3 is 0 Å². The number of halogens is 1. The Bertz CT molecular complexity index is 649. The first-order valence-corrected chi connectivity index (χ1v) is 7.73. The van der Waals surface area contributed by atoms with Gasteiger partial charge in [0.25, 0.3) is 5.91 Å². The van der Waals surface area contributed by atoms with Gasteiger partial charge in [-0.1, -0.05) is 22.0 Å². The van der Waals surface area contributed by atoms with Crippen molar-refractivity contribution in [2.24, 2.45) is 0 Å². The molecular weight excluding hydrogens is 332 g/mol. The Morgan fingerprint density at radius 1 is 1.52 bits per heavy atom. The van der Waals surface area contributed by atoms with Gasteiger partial charge in [-0.15, -0.1) is 0 Å². The summed E-state index contributed by atoms with van der Waals surface area (Å²) in [5.74, 6) is 0.0185. The minimum absolute atomic E-state index is 0.0185. The summed E-state index contributed by atoms with van der Waals surface area (Å²) in [6, 6.07) is 8.09. The molecule has 110 valence electrons. The normalized spacial score (nSPS) is 17.9. The van der Waals surface area contributed by atoms with Gasteiger partial charge in [-0.05, 0) is 31.2 Å². The summed E-state index contributed by atoms with van der Waals surface area (Å²) in [7, 11) is 1.86. The topological polar surface area (TPSA) is 50.2 Å². The van der Waals surface area contributed by atoms with Crippen LogP contribution in [0, 0.1) is 0 Å². The van der Waals surface area contributed by atoms with Crippen molar-refractivity contribution in [2.75, 3.05) is 20.1 Å². The molecule has 1 N–H and O–H groups in total. The number of hydrogen-bond acceptors (Lipinski definition) is 3. The molecule has 21 heavy (non-hydrogen) atoms. The molecule has 2 heterocycles. The average molecular weight is 349 g/mol. The predicted octanol–water partition coefficient (Wildman–Crippen LogP) is 2.07. The van der Waals surface area contributed by atoms with Crippen LogP contribution in [0.4, 0.5) is 0 Å². The zero-order valence-corrected chi connectivity index (χ0v) is 13.4. The van der Waals surface area contributed by atoms with Crippen LogP contribution in [0.1, 0.15) is 16.8 Å². The van der Waals surface area contributed by atoms with Crippen molar-refractivity contribution >= 4 is 21.8 Å². The standard InChI is InChI=1S/C15H17BrN4O/c1-19(14-5-6-17-9-14)15(21)11-8-18-20(10-11)13-4-2-3-12(16)7-13/h2-4,7-8,10,14,17H,5-6,9H2,1H3. The van der Waals surface area contributed by atoms with Crippen LogP contribution in [0.15, 0.2) is 41.1 Å². The Kier molecular flexibility index (Phi) is 4.07. The van der Waals surface area contributed by atoms with Crippen LogP contribution in [0.25, 0.3) is 5.69 Å². The van der Waals surface area contributed by atoms with Crippen LogP contribution in [0.5, 0.6) is 0 Å². The average Bonchev–Trinajstić information content (AvgIpc) is 3.17. The second-order valence-corrected chi connectivity index (χ2v) is 6.13. The van der Waals surface area contributed by atoms with E-state index in [1.54, 1.807) is 17.1 Å². The van der Waals surface area contributed by atoms with Crippen molar-refractivity contribution in [1.82, 2.24) is 20.0 Å². The monoisotopic (exact) mass is 348 g/mol. The fourth-order valence-electron chi connectivity index (χ4n) is 2.53. The highest BCUT2D eigenvalue weighted by molar-refractivity contribution is 9.10. The van der Waals surface area contributed by atoms with E-state index in [1.807, 2.05) is 36.2 Å². The third-order valence-corrected chi connectivity index (χ3v) is 4.30. The molecule has 6 heteroatoms. The molecule has 1 amide bonds. The van der Waals surface area contributed by atoms with Crippen molar-refractivity contribution < 1.29 is 4.79 Å². The number of benzene rings is 1. The third-order valence-electron chi connectivity index (χ3n) is 3.80. The number of rotatable bonds is 3. The molecule has 1 aliphatic rings. The van der Waals surface area contributed by atoms with Crippen LogP contribution in [-0.4, -0.2) is 46.8 Å². The maximum Gasteiger partial charge on any atom is 0.257 e. The zero-order valence-electron chi connectivity index (χ0n) is 11.8. The molecule has 1 aliphatic heterocycles. The molecule has 0 bridgehead atoms. The lowest BCUT2D eigenvalue weighted by Crippen LogP contribution is -2.38. The van der Waals surface area contributed by atoms with Crippen LogP contribution in [-0.2, 0) is 0 Å². The summed E-state index contributed by atoms with van der Waals surface area (Å²) >= 11 is 3.44. The Hall–Kier alpha value is -1.66. The highest BCUT2D eigenvalue weighted by Crippen LogP contribution is 2.16. The van der Waals surface area contributed by atoms with Gasteiger partial charge in [0.15, 0.2) is 0 Å². The molecule has 3 rings (SSSR count). The van der Waals surface area contributed by atoms with Gasteiger partial charge in [0.05, 0.1) is 17.4 Å². The Balaban J connectivity index is 1.79. The van der Waals surface area contributed by atoms with Gasteiger partial charge in [-0.3, -0.25) is 4.79 Å². The maximum absolute atomic E-state index is 12.5. The van der Waals surface area contributed by atoms with E-state index < -0.39 is 0 Å². The van der Waals surface area contributed by atoms with Crippen molar-refractivity contribution in [3.8, 4) is 5.69 Å². The van der Waals surface area contributed by atoms with Crippen LogP contribution in [0.3, 0.4) is 0 Å². The molecular formula is C15H17BrN4O. The van der Waals surface area contributed by atoms with Gasteiger partial charge in [0.1, 0.15) is 0 Å². The number of aromatic nitrogens is 2. The minimum Gasteiger partial charge on any atom is -0.337 e. The van der Waals surface area contributed by atoms with Crippen LogP contribution in [0.2, 0.25) is 0 Å². The van der Waals surface area contributed by atoms with E-state index in [9.17, 15) is 4.79 Å². The second kappa shape index (κ2) is 5.99. The summed E-state index contributed by atoms with van der Waals surface area (Å²) in [6.07, 6.45) is 4.41. The highest BCUT2D eigenvalue weighted by atomic mass is 79.9. The molecule has 0 saturated carbocycles. The number of amides is 1. The summed E-state index contributed by atoms with van der Waals surface area (Å²) in [5.41, 5.74) is 1.54. The molecule has 0 aliphatic carbocycles. The molecule has 0 spiro atoms. The number of nitrogens with one attached hydrogen (secondary N) is 1. The van der Waals surface area contributed by atoms with Gasteiger partial charge in [0.2, 0.25) is 0 Å². The van der Waals surface area contributed by atoms with E-state index >= 15 is 0 Å². The van der Waals surface area contributed by atoms with E-state index in [0.29, 0.717) is 5.56 Å². The van der Waals surface area contributed by atoms with E-state index in [0.717, 1.165) is 29.7 Å². The number of carbonyl (C=O) groups excluding carboxylic acids is 1. The largest absolute Gasteiger partial charge is 0.337 e. The molecule has 1 fully saturated rings. The second-order valence-electron chi connectivity index (χ2n) is 5.22. The predicted molar refractivity (Wildman–Crippen MR) is 84.6 cm³/mol. The molecule has 1 atom stereocenters. The molecule has 1 aromatic heterocycles. The molecule has 1 aromatic carbocycles. The smallest absolute Gasteiger partial charge is 0.257 e. The lowest BCUT2D eigenvalue weighted by Gasteiger charge is -2.22. The SMILES string of the molecule is CN(C(=O)c1cnn(-c2cccc(Br)c2)c1)C1CCNC1. The maximum atomic E-state index is 12.5. The third kappa shape index (κ3) is 3.01. The first-order valence-electron chi connectivity index (χ1n) is 6.93. The van der Waals surface area contributed by atoms with Crippen molar-refractivity contribution in [1.29, 1.82) is 0 Å². The molecule has 0 radical (unpaired) electrons. The van der Waals surface area contributed by atoms with Crippen LogP contribution >= 0.6 is 15.9 Å².